The average molecular weight is 224 g/mol. The minimum absolute atomic E-state index is 0.122. The summed E-state index contributed by atoms with van der Waals surface area (Å²) in [5, 5.41) is 9.39. The van der Waals surface area contributed by atoms with Gasteiger partial charge in [-0.2, -0.15) is 0 Å². The molecule has 1 saturated heterocycles. The van der Waals surface area contributed by atoms with Gasteiger partial charge in [0.25, 0.3) is 0 Å². The van der Waals surface area contributed by atoms with Gasteiger partial charge in [0.15, 0.2) is 5.79 Å². The van der Waals surface area contributed by atoms with Crippen molar-refractivity contribution >= 4 is 5.97 Å². The van der Waals surface area contributed by atoms with Crippen LogP contribution in [0.15, 0.2) is 0 Å². The van der Waals surface area contributed by atoms with E-state index in [0.29, 0.717) is 31.0 Å². The molecular formula is C12H16O4. The Kier molecular flexibility index (Phi) is 1.65. The average Bonchev–Trinajstić information content (AvgIpc) is 2.86. The van der Waals surface area contributed by atoms with Crippen molar-refractivity contribution in [2.45, 2.75) is 25.0 Å². The van der Waals surface area contributed by atoms with Crippen molar-refractivity contribution in [1.82, 2.24) is 0 Å². The Morgan fingerprint density at radius 2 is 1.81 bits per heavy atom. The van der Waals surface area contributed by atoms with Gasteiger partial charge in [-0.3, -0.25) is 4.79 Å². The number of carboxylic acid groups (broad SMARTS) is 1. The summed E-state index contributed by atoms with van der Waals surface area (Å²) in [6.45, 7) is 1.27. The van der Waals surface area contributed by atoms with Gasteiger partial charge in [0, 0.05) is 11.8 Å². The van der Waals surface area contributed by atoms with Gasteiger partial charge in [-0.05, 0) is 31.1 Å². The van der Waals surface area contributed by atoms with Crippen LogP contribution in [0.1, 0.15) is 19.3 Å². The molecule has 0 aromatic carbocycles. The van der Waals surface area contributed by atoms with Crippen LogP contribution in [0.4, 0.5) is 0 Å². The highest BCUT2D eigenvalue weighted by molar-refractivity contribution is 5.72. The van der Waals surface area contributed by atoms with Crippen LogP contribution >= 0.6 is 0 Å². The smallest absolute Gasteiger partial charge is 0.307 e. The number of carbonyl (C=O) groups is 1. The first-order valence-electron chi connectivity index (χ1n) is 6.23. The highest BCUT2D eigenvalue weighted by Gasteiger charge is 2.71. The maximum Gasteiger partial charge on any atom is 0.307 e. The van der Waals surface area contributed by atoms with Crippen LogP contribution in [-0.4, -0.2) is 30.1 Å². The normalized spacial score (nSPS) is 51.6. The molecule has 5 rings (SSSR count). The lowest BCUT2D eigenvalue weighted by Crippen LogP contribution is -2.50. The monoisotopic (exact) mass is 224 g/mol. The molecule has 1 spiro atoms. The summed E-state index contributed by atoms with van der Waals surface area (Å²) in [5.41, 5.74) is 0. The molecule has 4 bridgehead atoms. The Balaban J connectivity index is 1.79. The standard InChI is InChI=1S/C12H16O4/c13-11(14)9-6-3-7-5-8(4-6)12(10(7)9)15-1-2-16-12/h6-10H,1-5H2,(H,13,14). The fraction of sp³-hybridized carbons (Fsp3) is 0.917. The van der Waals surface area contributed by atoms with E-state index in [1.807, 2.05) is 0 Å². The second-order valence-corrected chi connectivity index (χ2v) is 5.73. The fourth-order valence-electron chi connectivity index (χ4n) is 4.99. The predicted molar refractivity (Wildman–Crippen MR) is 53.6 cm³/mol. The number of rotatable bonds is 1. The summed E-state index contributed by atoms with van der Waals surface area (Å²) >= 11 is 0. The van der Waals surface area contributed by atoms with E-state index in [0.717, 1.165) is 19.3 Å². The number of aliphatic carboxylic acids is 1. The van der Waals surface area contributed by atoms with Gasteiger partial charge in [-0.25, -0.2) is 0 Å². The third kappa shape index (κ3) is 0.878. The Morgan fingerprint density at radius 1 is 1.12 bits per heavy atom. The summed E-state index contributed by atoms with van der Waals surface area (Å²) in [5.74, 6) is 0.113. The molecule has 5 fully saturated rings. The molecule has 4 aliphatic carbocycles. The highest BCUT2D eigenvalue weighted by Crippen LogP contribution is 2.67. The molecule has 0 aromatic heterocycles. The van der Waals surface area contributed by atoms with E-state index in [2.05, 4.69) is 0 Å². The van der Waals surface area contributed by atoms with Gasteiger partial charge in [0.2, 0.25) is 0 Å². The molecule has 1 aliphatic heterocycles. The lowest BCUT2D eigenvalue weighted by Gasteiger charge is -2.42. The van der Waals surface area contributed by atoms with Gasteiger partial charge in [-0.15, -0.1) is 0 Å². The van der Waals surface area contributed by atoms with Gasteiger partial charge in [0.05, 0.1) is 19.1 Å². The van der Waals surface area contributed by atoms with Crippen molar-refractivity contribution < 1.29 is 19.4 Å². The van der Waals surface area contributed by atoms with E-state index < -0.39 is 11.8 Å². The van der Waals surface area contributed by atoms with Gasteiger partial charge in [0.1, 0.15) is 0 Å². The largest absolute Gasteiger partial charge is 0.481 e. The van der Waals surface area contributed by atoms with Crippen molar-refractivity contribution in [2.75, 3.05) is 13.2 Å². The Labute approximate surface area is 93.9 Å². The first-order chi connectivity index (χ1) is 7.72. The molecule has 1 heterocycles. The number of hydrogen-bond donors (Lipinski definition) is 1. The second-order valence-electron chi connectivity index (χ2n) is 5.73. The minimum atomic E-state index is -0.642. The molecule has 5 unspecified atom stereocenters. The second kappa shape index (κ2) is 2.79. The quantitative estimate of drug-likeness (QED) is 0.724. The van der Waals surface area contributed by atoms with Crippen molar-refractivity contribution in [3.8, 4) is 0 Å². The van der Waals surface area contributed by atoms with Crippen LogP contribution in [0.2, 0.25) is 0 Å². The lowest BCUT2D eigenvalue weighted by molar-refractivity contribution is -0.238. The molecule has 4 nitrogen and oxygen atoms in total. The minimum Gasteiger partial charge on any atom is -0.481 e. The van der Waals surface area contributed by atoms with E-state index in [9.17, 15) is 9.90 Å². The van der Waals surface area contributed by atoms with Gasteiger partial charge < -0.3 is 14.6 Å². The maximum atomic E-state index is 11.4. The third-order valence-electron chi connectivity index (χ3n) is 5.24. The van der Waals surface area contributed by atoms with E-state index in [1.54, 1.807) is 0 Å². The Morgan fingerprint density at radius 3 is 2.50 bits per heavy atom. The fourth-order valence-corrected chi connectivity index (χ4v) is 4.99. The van der Waals surface area contributed by atoms with Crippen molar-refractivity contribution in [3.63, 3.8) is 0 Å². The predicted octanol–water partition coefficient (Wildman–Crippen LogP) is 1.11. The SMILES string of the molecule is O=C(O)C1C2CC3CC(C2)C2(OCCO2)C31. The summed E-state index contributed by atoms with van der Waals surface area (Å²) in [6, 6.07) is 0. The topological polar surface area (TPSA) is 55.8 Å². The summed E-state index contributed by atoms with van der Waals surface area (Å²) in [4.78, 5) is 11.4. The van der Waals surface area contributed by atoms with Crippen LogP contribution in [0.5, 0.6) is 0 Å². The molecule has 5 atom stereocenters. The highest BCUT2D eigenvalue weighted by atomic mass is 16.7. The van der Waals surface area contributed by atoms with Crippen LogP contribution < -0.4 is 0 Å². The number of carboxylic acids is 1. The van der Waals surface area contributed by atoms with E-state index >= 15 is 0 Å². The first-order valence-corrected chi connectivity index (χ1v) is 6.23. The third-order valence-corrected chi connectivity index (χ3v) is 5.24. The summed E-state index contributed by atoms with van der Waals surface area (Å²) in [7, 11) is 0. The zero-order chi connectivity index (χ0) is 10.9. The summed E-state index contributed by atoms with van der Waals surface area (Å²) < 4.78 is 11.7. The van der Waals surface area contributed by atoms with Crippen LogP contribution in [0.25, 0.3) is 0 Å². The van der Waals surface area contributed by atoms with Crippen molar-refractivity contribution in [1.29, 1.82) is 0 Å². The Bertz CT molecular complexity index is 347. The molecule has 16 heavy (non-hydrogen) atoms. The van der Waals surface area contributed by atoms with Crippen LogP contribution in [-0.2, 0) is 14.3 Å². The van der Waals surface area contributed by atoms with Crippen LogP contribution in [0, 0.1) is 29.6 Å². The zero-order valence-corrected chi connectivity index (χ0v) is 9.09. The molecular weight excluding hydrogens is 208 g/mol. The first kappa shape index (κ1) is 9.42. The van der Waals surface area contributed by atoms with E-state index in [4.69, 9.17) is 9.47 Å². The van der Waals surface area contributed by atoms with Crippen molar-refractivity contribution in [3.05, 3.63) is 0 Å². The van der Waals surface area contributed by atoms with Crippen LogP contribution in [0.3, 0.4) is 0 Å². The lowest BCUT2D eigenvalue weighted by atomic mass is 9.72. The molecule has 0 amide bonds. The molecule has 1 N–H and O–H groups in total. The number of ether oxygens (including phenoxy) is 2. The maximum absolute atomic E-state index is 11.4. The molecule has 0 radical (unpaired) electrons. The van der Waals surface area contributed by atoms with E-state index in [1.165, 1.54) is 0 Å². The number of hydrogen-bond acceptors (Lipinski definition) is 3. The Hall–Kier alpha value is -0.610. The molecule has 88 valence electrons. The molecule has 4 saturated carbocycles. The molecule has 4 heteroatoms. The van der Waals surface area contributed by atoms with Crippen molar-refractivity contribution in [2.24, 2.45) is 29.6 Å². The molecule has 0 aromatic rings. The summed E-state index contributed by atoms with van der Waals surface area (Å²) in [6.07, 6.45) is 3.18. The zero-order valence-electron chi connectivity index (χ0n) is 9.09. The van der Waals surface area contributed by atoms with Gasteiger partial charge >= 0.3 is 5.97 Å². The molecule has 5 aliphatic rings. The van der Waals surface area contributed by atoms with E-state index in [-0.39, 0.29) is 11.8 Å². The van der Waals surface area contributed by atoms with Gasteiger partial charge in [-0.1, -0.05) is 0 Å².